The van der Waals surface area contributed by atoms with Crippen molar-refractivity contribution in [1.29, 1.82) is 0 Å². The molecule has 2 aromatic rings. The highest BCUT2D eigenvalue weighted by Gasteiger charge is 2.04. The van der Waals surface area contributed by atoms with E-state index in [1.165, 1.54) is 11.1 Å². The summed E-state index contributed by atoms with van der Waals surface area (Å²) in [6.07, 6.45) is 0. The van der Waals surface area contributed by atoms with Crippen molar-refractivity contribution in [2.75, 3.05) is 13.6 Å². The smallest absolute Gasteiger partial charge is 0.120 e. The molecule has 1 atom stereocenters. The summed E-state index contributed by atoms with van der Waals surface area (Å²) >= 11 is 6.01. The second kappa shape index (κ2) is 7.48. The van der Waals surface area contributed by atoms with Crippen LogP contribution in [0.25, 0.3) is 0 Å². The third-order valence-electron chi connectivity index (χ3n) is 3.59. The maximum Gasteiger partial charge on any atom is 0.120 e. The van der Waals surface area contributed by atoms with Crippen molar-refractivity contribution in [3.05, 3.63) is 64.2 Å². The third-order valence-corrected chi connectivity index (χ3v) is 4.02. The van der Waals surface area contributed by atoms with Crippen LogP contribution in [-0.2, 0) is 6.61 Å². The zero-order chi connectivity index (χ0) is 15.2. The molecule has 1 unspecified atom stereocenters. The molecule has 0 saturated heterocycles. The van der Waals surface area contributed by atoms with Gasteiger partial charge in [-0.15, -0.1) is 0 Å². The number of rotatable bonds is 6. The first-order valence-electron chi connectivity index (χ1n) is 7.22. The Morgan fingerprint density at radius 2 is 1.86 bits per heavy atom. The maximum atomic E-state index is 6.01. The summed E-state index contributed by atoms with van der Waals surface area (Å²) in [5.74, 6) is 1.37. The van der Waals surface area contributed by atoms with Crippen LogP contribution in [0.4, 0.5) is 0 Å². The number of likely N-dealkylation sites (N-methyl/N-ethyl adjacent to an activating group) is 1. The Kier molecular flexibility index (Phi) is 5.66. The van der Waals surface area contributed by atoms with Gasteiger partial charge in [0, 0.05) is 11.6 Å². The number of halogens is 1. The fourth-order valence-corrected chi connectivity index (χ4v) is 2.36. The van der Waals surface area contributed by atoms with Crippen LogP contribution < -0.4 is 10.1 Å². The van der Waals surface area contributed by atoms with E-state index < -0.39 is 0 Å². The van der Waals surface area contributed by atoms with Crippen LogP contribution in [0.2, 0.25) is 5.02 Å². The van der Waals surface area contributed by atoms with Crippen LogP contribution in [0.1, 0.15) is 29.5 Å². The Balaban J connectivity index is 1.95. The number of hydrogen-bond donors (Lipinski definition) is 1. The highest BCUT2D eigenvalue weighted by Crippen LogP contribution is 2.22. The number of hydrogen-bond acceptors (Lipinski definition) is 2. The fraction of sp³-hybridized carbons (Fsp3) is 0.333. The Bertz CT molecular complexity index is 580. The molecule has 0 aromatic heterocycles. The quantitative estimate of drug-likeness (QED) is 0.845. The maximum absolute atomic E-state index is 6.01. The molecule has 0 fully saturated rings. The second-order valence-corrected chi connectivity index (χ2v) is 5.81. The lowest BCUT2D eigenvalue weighted by Crippen LogP contribution is -2.14. The first-order chi connectivity index (χ1) is 10.1. The van der Waals surface area contributed by atoms with E-state index in [1.54, 1.807) is 0 Å². The average molecular weight is 304 g/mol. The minimum absolute atomic E-state index is 0.517. The Labute approximate surface area is 132 Å². The molecule has 2 aromatic carbocycles. The summed E-state index contributed by atoms with van der Waals surface area (Å²) in [6.45, 7) is 5.76. The molecule has 0 bridgehead atoms. The van der Waals surface area contributed by atoms with Crippen molar-refractivity contribution in [3.8, 4) is 5.75 Å². The molecule has 112 valence electrons. The zero-order valence-electron chi connectivity index (χ0n) is 12.8. The van der Waals surface area contributed by atoms with Gasteiger partial charge in [-0.1, -0.05) is 42.8 Å². The summed E-state index contributed by atoms with van der Waals surface area (Å²) in [6, 6.07) is 14.3. The Hall–Kier alpha value is -1.51. The van der Waals surface area contributed by atoms with Gasteiger partial charge in [-0.05, 0) is 54.8 Å². The van der Waals surface area contributed by atoms with Crippen LogP contribution in [0.15, 0.2) is 42.5 Å². The molecule has 0 aliphatic carbocycles. The lowest BCUT2D eigenvalue weighted by molar-refractivity contribution is 0.306. The van der Waals surface area contributed by atoms with E-state index in [9.17, 15) is 0 Å². The van der Waals surface area contributed by atoms with Gasteiger partial charge < -0.3 is 10.1 Å². The van der Waals surface area contributed by atoms with Gasteiger partial charge in [0.25, 0.3) is 0 Å². The summed E-state index contributed by atoms with van der Waals surface area (Å²) < 4.78 is 5.80. The standard InChI is InChI=1S/C18H22ClNO/c1-13-10-17(8-9-18(13)19)21-12-15-4-6-16(7-5-15)14(2)11-20-3/h4-10,14,20H,11-12H2,1-3H3. The summed E-state index contributed by atoms with van der Waals surface area (Å²) in [7, 11) is 1.98. The zero-order valence-corrected chi connectivity index (χ0v) is 13.6. The van der Waals surface area contributed by atoms with Crippen LogP contribution >= 0.6 is 11.6 Å². The molecule has 0 spiro atoms. The van der Waals surface area contributed by atoms with Crippen molar-refractivity contribution in [3.63, 3.8) is 0 Å². The van der Waals surface area contributed by atoms with Gasteiger partial charge in [-0.2, -0.15) is 0 Å². The Morgan fingerprint density at radius 3 is 2.48 bits per heavy atom. The summed E-state index contributed by atoms with van der Waals surface area (Å²) in [5, 5.41) is 3.97. The van der Waals surface area contributed by atoms with Crippen molar-refractivity contribution >= 4 is 11.6 Å². The average Bonchev–Trinajstić information content (AvgIpc) is 2.49. The molecule has 2 rings (SSSR count). The molecule has 0 heterocycles. The molecule has 0 radical (unpaired) electrons. The summed E-state index contributed by atoms with van der Waals surface area (Å²) in [4.78, 5) is 0. The minimum atomic E-state index is 0.517. The lowest BCUT2D eigenvalue weighted by Gasteiger charge is -2.12. The van der Waals surface area contributed by atoms with Gasteiger partial charge >= 0.3 is 0 Å². The minimum Gasteiger partial charge on any atom is -0.489 e. The van der Waals surface area contributed by atoms with E-state index in [4.69, 9.17) is 16.3 Å². The van der Waals surface area contributed by atoms with E-state index in [0.717, 1.165) is 22.9 Å². The monoisotopic (exact) mass is 303 g/mol. The molecule has 0 amide bonds. The number of nitrogens with one attached hydrogen (secondary N) is 1. The largest absolute Gasteiger partial charge is 0.489 e. The van der Waals surface area contributed by atoms with Gasteiger partial charge in [-0.25, -0.2) is 0 Å². The highest BCUT2D eigenvalue weighted by molar-refractivity contribution is 6.31. The summed E-state index contributed by atoms with van der Waals surface area (Å²) in [5.41, 5.74) is 3.55. The number of benzene rings is 2. The molecular weight excluding hydrogens is 282 g/mol. The predicted molar refractivity (Wildman–Crippen MR) is 89.3 cm³/mol. The molecule has 0 aliphatic rings. The van der Waals surface area contributed by atoms with Gasteiger partial charge in [0.2, 0.25) is 0 Å². The van der Waals surface area contributed by atoms with Crippen molar-refractivity contribution in [2.45, 2.75) is 26.4 Å². The van der Waals surface area contributed by atoms with Crippen molar-refractivity contribution in [1.82, 2.24) is 5.32 Å². The van der Waals surface area contributed by atoms with Crippen LogP contribution in [0.3, 0.4) is 0 Å². The van der Waals surface area contributed by atoms with Crippen LogP contribution in [0, 0.1) is 6.92 Å². The number of ether oxygens (including phenoxy) is 1. The third kappa shape index (κ3) is 4.48. The molecule has 0 saturated carbocycles. The topological polar surface area (TPSA) is 21.3 Å². The van der Waals surface area contributed by atoms with Crippen molar-refractivity contribution < 1.29 is 4.74 Å². The first kappa shape index (κ1) is 15.9. The molecule has 2 nitrogen and oxygen atoms in total. The van der Waals surface area contributed by atoms with Gasteiger partial charge in [0.15, 0.2) is 0 Å². The lowest BCUT2D eigenvalue weighted by atomic mass is 10.00. The van der Waals surface area contributed by atoms with E-state index in [0.29, 0.717) is 12.5 Å². The molecular formula is C18H22ClNO. The molecule has 0 aliphatic heterocycles. The highest BCUT2D eigenvalue weighted by atomic mass is 35.5. The fourth-order valence-electron chi connectivity index (χ4n) is 2.24. The molecule has 1 N–H and O–H groups in total. The van der Waals surface area contributed by atoms with Gasteiger partial charge in [0.05, 0.1) is 0 Å². The van der Waals surface area contributed by atoms with E-state index in [1.807, 2.05) is 32.2 Å². The normalized spacial score (nSPS) is 12.2. The van der Waals surface area contributed by atoms with E-state index in [-0.39, 0.29) is 0 Å². The second-order valence-electron chi connectivity index (χ2n) is 5.40. The van der Waals surface area contributed by atoms with E-state index >= 15 is 0 Å². The first-order valence-corrected chi connectivity index (χ1v) is 7.60. The Morgan fingerprint density at radius 1 is 1.14 bits per heavy atom. The number of aryl methyl sites for hydroxylation is 1. The van der Waals surface area contributed by atoms with Crippen LogP contribution in [0.5, 0.6) is 5.75 Å². The van der Waals surface area contributed by atoms with Crippen molar-refractivity contribution in [2.24, 2.45) is 0 Å². The molecule has 21 heavy (non-hydrogen) atoms. The van der Waals surface area contributed by atoms with Gasteiger partial charge in [0.1, 0.15) is 12.4 Å². The predicted octanol–water partition coefficient (Wildman–Crippen LogP) is 4.55. The SMILES string of the molecule is CNCC(C)c1ccc(COc2ccc(Cl)c(C)c2)cc1. The molecule has 3 heteroatoms. The van der Waals surface area contributed by atoms with Crippen LogP contribution in [-0.4, -0.2) is 13.6 Å². The van der Waals surface area contributed by atoms with Gasteiger partial charge in [-0.3, -0.25) is 0 Å². The van der Waals surface area contributed by atoms with E-state index in [2.05, 4.69) is 36.5 Å².